The van der Waals surface area contributed by atoms with Crippen LogP contribution >= 0.6 is 11.3 Å². The molecule has 0 bridgehead atoms. The van der Waals surface area contributed by atoms with Crippen molar-refractivity contribution in [2.24, 2.45) is 0 Å². The number of carbonyl (C=O) groups excluding carboxylic acids is 1. The summed E-state index contributed by atoms with van der Waals surface area (Å²) in [5, 5.41) is 4.63. The maximum atomic E-state index is 13.3. The number of amides is 1. The number of aryl methyl sites for hydroxylation is 2. The molecule has 1 N–H and O–H groups in total. The summed E-state index contributed by atoms with van der Waals surface area (Å²) in [6, 6.07) is 14.7. The molecule has 0 aliphatic rings. The van der Waals surface area contributed by atoms with Crippen LogP contribution in [-0.2, 0) is 17.9 Å². The predicted molar refractivity (Wildman–Crippen MR) is 127 cm³/mol. The first-order valence-electron chi connectivity index (χ1n) is 10.1. The van der Waals surface area contributed by atoms with Gasteiger partial charge in [-0.25, -0.2) is 4.79 Å². The van der Waals surface area contributed by atoms with Gasteiger partial charge >= 0.3 is 5.69 Å². The Labute approximate surface area is 188 Å². The summed E-state index contributed by atoms with van der Waals surface area (Å²) < 4.78 is 8.30. The smallest absolute Gasteiger partial charge is 0.332 e. The second kappa shape index (κ2) is 8.84. The Morgan fingerprint density at radius 1 is 1.06 bits per heavy atom. The fourth-order valence-corrected chi connectivity index (χ4v) is 4.48. The van der Waals surface area contributed by atoms with Crippen LogP contribution in [0.2, 0.25) is 0 Å². The van der Waals surface area contributed by atoms with E-state index >= 15 is 0 Å². The van der Waals surface area contributed by atoms with E-state index in [2.05, 4.69) is 5.32 Å². The molecule has 2 aromatic heterocycles. The van der Waals surface area contributed by atoms with Gasteiger partial charge < -0.3 is 10.1 Å². The van der Waals surface area contributed by atoms with Crippen molar-refractivity contribution >= 4 is 33.1 Å². The van der Waals surface area contributed by atoms with Gasteiger partial charge in [-0.15, -0.1) is 11.3 Å². The van der Waals surface area contributed by atoms with E-state index in [4.69, 9.17) is 4.74 Å². The molecule has 0 aliphatic carbocycles. The average Bonchev–Trinajstić information content (AvgIpc) is 3.27. The lowest BCUT2D eigenvalue weighted by Crippen LogP contribution is -2.41. The van der Waals surface area contributed by atoms with E-state index in [1.54, 1.807) is 30.7 Å². The van der Waals surface area contributed by atoms with E-state index in [-0.39, 0.29) is 24.6 Å². The SMILES string of the molecule is COc1ccccc1Cn1c(=O)c2sccc2n(CC(=O)Nc2cc(C)ccc2C)c1=O. The van der Waals surface area contributed by atoms with Gasteiger partial charge in [0, 0.05) is 11.3 Å². The van der Waals surface area contributed by atoms with E-state index in [1.165, 1.54) is 15.9 Å². The molecule has 0 saturated carbocycles. The van der Waals surface area contributed by atoms with E-state index in [0.717, 1.165) is 15.7 Å². The number of nitrogens with one attached hydrogen (secondary N) is 1. The predicted octanol–water partition coefficient (Wildman–Crippen LogP) is 3.54. The highest BCUT2D eigenvalue weighted by molar-refractivity contribution is 7.17. The minimum atomic E-state index is -0.539. The Kier molecular flexibility index (Phi) is 5.96. The van der Waals surface area contributed by atoms with Crippen molar-refractivity contribution < 1.29 is 9.53 Å². The molecule has 1 amide bonds. The van der Waals surface area contributed by atoms with Crippen LogP contribution in [-0.4, -0.2) is 22.2 Å². The van der Waals surface area contributed by atoms with Gasteiger partial charge in [0.05, 0.1) is 19.2 Å². The summed E-state index contributed by atoms with van der Waals surface area (Å²) in [7, 11) is 1.54. The molecule has 0 radical (unpaired) electrons. The number of para-hydroxylation sites is 1. The minimum Gasteiger partial charge on any atom is -0.496 e. The summed E-state index contributed by atoms with van der Waals surface area (Å²) in [4.78, 5) is 39.2. The van der Waals surface area contributed by atoms with Crippen molar-refractivity contribution in [2.75, 3.05) is 12.4 Å². The number of thiophene rings is 1. The molecule has 0 atom stereocenters. The maximum Gasteiger partial charge on any atom is 0.332 e. The van der Waals surface area contributed by atoms with Crippen LogP contribution in [0.4, 0.5) is 5.69 Å². The number of aromatic nitrogens is 2. The molecular weight excluding hydrogens is 426 g/mol. The van der Waals surface area contributed by atoms with Gasteiger partial charge in [0.25, 0.3) is 5.56 Å². The third-order valence-corrected chi connectivity index (χ3v) is 6.22. The Morgan fingerprint density at radius 3 is 2.62 bits per heavy atom. The van der Waals surface area contributed by atoms with Crippen molar-refractivity contribution in [3.63, 3.8) is 0 Å². The Balaban J connectivity index is 1.74. The van der Waals surface area contributed by atoms with Crippen molar-refractivity contribution in [3.8, 4) is 5.75 Å². The van der Waals surface area contributed by atoms with E-state index < -0.39 is 5.69 Å². The Hall–Kier alpha value is -3.65. The molecule has 0 aliphatic heterocycles. The lowest BCUT2D eigenvalue weighted by Gasteiger charge is -2.14. The third-order valence-electron chi connectivity index (χ3n) is 5.33. The average molecular weight is 450 g/mol. The maximum absolute atomic E-state index is 13.3. The summed E-state index contributed by atoms with van der Waals surface area (Å²) >= 11 is 1.25. The third kappa shape index (κ3) is 4.09. The molecule has 0 unspecified atom stereocenters. The number of hydrogen-bond donors (Lipinski definition) is 1. The van der Waals surface area contributed by atoms with Crippen molar-refractivity contribution in [2.45, 2.75) is 26.9 Å². The monoisotopic (exact) mass is 449 g/mol. The topological polar surface area (TPSA) is 82.3 Å². The number of fused-ring (bicyclic) bond motifs is 1. The van der Waals surface area contributed by atoms with E-state index in [0.29, 0.717) is 27.2 Å². The quantitative estimate of drug-likeness (QED) is 0.488. The van der Waals surface area contributed by atoms with Gasteiger partial charge in [-0.2, -0.15) is 0 Å². The summed E-state index contributed by atoms with van der Waals surface area (Å²) in [6.45, 7) is 3.70. The number of hydrogen-bond acceptors (Lipinski definition) is 5. The number of rotatable bonds is 6. The molecule has 0 spiro atoms. The van der Waals surface area contributed by atoms with Crippen LogP contribution in [0.3, 0.4) is 0 Å². The van der Waals surface area contributed by atoms with Crippen molar-refractivity contribution in [1.29, 1.82) is 0 Å². The molecule has 7 nitrogen and oxygen atoms in total. The van der Waals surface area contributed by atoms with Gasteiger partial charge in [0.1, 0.15) is 17.0 Å². The standard InChI is InChI=1S/C24H23N3O4S/c1-15-8-9-16(2)18(12-15)25-21(28)14-26-19-10-11-32-22(19)23(29)27(24(26)30)13-17-6-4-5-7-20(17)31-3/h4-12H,13-14H2,1-3H3,(H,25,28). The van der Waals surface area contributed by atoms with Gasteiger partial charge in [-0.05, 0) is 48.6 Å². The summed E-state index contributed by atoms with van der Waals surface area (Å²) in [5.41, 5.74) is 2.90. The molecule has 0 saturated heterocycles. The first kappa shape index (κ1) is 21.6. The van der Waals surface area contributed by atoms with Crippen LogP contribution < -0.4 is 21.3 Å². The molecule has 2 heterocycles. The highest BCUT2D eigenvalue weighted by Gasteiger charge is 2.18. The van der Waals surface area contributed by atoms with Gasteiger partial charge in [-0.1, -0.05) is 30.3 Å². The van der Waals surface area contributed by atoms with Gasteiger partial charge in [0.15, 0.2) is 0 Å². The van der Waals surface area contributed by atoms with E-state index in [9.17, 15) is 14.4 Å². The Morgan fingerprint density at radius 2 is 1.84 bits per heavy atom. The van der Waals surface area contributed by atoms with Crippen LogP contribution in [0.25, 0.3) is 10.2 Å². The molecule has 4 aromatic rings. The number of methoxy groups -OCH3 is 1. The Bertz CT molecular complexity index is 1430. The second-order valence-corrected chi connectivity index (χ2v) is 8.49. The molecule has 32 heavy (non-hydrogen) atoms. The van der Waals surface area contributed by atoms with E-state index in [1.807, 2.05) is 44.2 Å². The van der Waals surface area contributed by atoms with Gasteiger partial charge in [-0.3, -0.25) is 18.7 Å². The number of anilines is 1. The summed E-state index contributed by atoms with van der Waals surface area (Å²) in [6.07, 6.45) is 0. The van der Waals surface area contributed by atoms with Crippen LogP contribution in [0.15, 0.2) is 63.5 Å². The summed E-state index contributed by atoms with van der Waals surface area (Å²) in [5.74, 6) is 0.250. The van der Waals surface area contributed by atoms with Crippen molar-refractivity contribution in [3.05, 3.63) is 91.4 Å². The first-order valence-corrected chi connectivity index (χ1v) is 11.0. The lowest BCUT2D eigenvalue weighted by atomic mass is 10.1. The zero-order valence-electron chi connectivity index (χ0n) is 18.0. The first-order chi connectivity index (χ1) is 15.4. The van der Waals surface area contributed by atoms with Crippen LogP contribution in [0.1, 0.15) is 16.7 Å². The van der Waals surface area contributed by atoms with Crippen LogP contribution in [0, 0.1) is 13.8 Å². The number of carbonyl (C=O) groups is 1. The zero-order valence-corrected chi connectivity index (χ0v) is 18.9. The minimum absolute atomic E-state index is 0.0497. The molecule has 8 heteroatoms. The highest BCUT2D eigenvalue weighted by Crippen LogP contribution is 2.20. The molecule has 0 fully saturated rings. The fraction of sp³-hybridized carbons (Fsp3) is 0.208. The van der Waals surface area contributed by atoms with Gasteiger partial charge in [0.2, 0.25) is 5.91 Å². The lowest BCUT2D eigenvalue weighted by molar-refractivity contribution is -0.116. The number of nitrogens with zero attached hydrogens (tertiary/aromatic N) is 2. The highest BCUT2D eigenvalue weighted by atomic mass is 32.1. The van der Waals surface area contributed by atoms with Crippen molar-refractivity contribution in [1.82, 2.24) is 9.13 Å². The second-order valence-electron chi connectivity index (χ2n) is 7.57. The fourth-order valence-electron chi connectivity index (χ4n) is 3.63. The molecule has 4 rings (SSSR count). The molecule has 164 valence electrons. The normalized spacial score (nSPS) is 11.0. The molecule has 2 aromatic carbocycles. The largest absolute Gasteiger partial charge is 0.496 e. The zero-order chi connectivity index (χ0) is 22.8. The molecular formula is C24H23N3O4S. The van der Waals surface area contributed by atoms with Crippen LogP contribution in [0.5, 0.6) is 5.75 Å². The number of benzene rings is 2. The number of ether oxygens (including phenoxy) is 1.